The molecule has 6 heterocycles. The zero-order valence-electron chi connectivity index (χ0n) is 34.9. The summed E-state index contributed by atoms with van der Waals surface area (Å²) in [5.74, 6) is -0.444. The minimum atomic E-state index is -1.47. The third kappa shape index (κ3) is 7.69. The maximum absolute atomic E-state index is 13.7. The van der Waals surface area contributed by atoms with Crippen molar-refractivity contribution in [2.24, 2.45) is 0 Å². The second-order valence-corrected chi connectivity index (χ2v) is 16.5. The Labute approximate surface area is 354 Å². The molecule has 0 saturated carbocycles. The molecule has 62 heavy (non-hydrogen) atoms. The van der Waals surface area contributed by atoms with Crippen LogP contribution >= 0.6 is 0 Å². The molecule has 3 aliphatic heterocycles. The first kappa shape index (κ1) is 43.2. The number of aromatic hydroxyl groups is 1. The maximum Gasteiger partial charge on any atom is 0.364 e. The average molecular weight is 864 g/mol. The highest BCUT2D eigenvalue weighted by Gasteiger charge is 2.51. The van der Waals surface area contributed by atoms with Gasteiger partial charge in [-0.05, 0) is 70.5 Å². The molecule has 0 radical (unpaired) electrons. The maximum atomic E-state index is 13.7. The van der Waals surface area contributed by atoms with Crippen LogP contribution in [0.2, 0.25) is 0 Å². The fourth-order valence-electron chi connectivity index (χ4n) is 8.38. The van der Waals surface area contributed by atoms with Crippen molar-refractivity contribution in [1.29, 1.82) is 0 Å². The van der Waals surface area contributed by atoms with E-state index in [1.807, 2.05) is 6.07 Å². The Kier molecular flexibility index (Phi) is 11.4. The van der Waals surface area contributed by atoms with E-state index in [1.165, 1.54) is 32.4 Å². The molecule has 0 bridgehead atoms. The standard InChI is InChI=1S/C43H49N3O16/c1-18-24(25-14-23-21-10-8-19(12-27(21)57-17-56-16-26(23)45-25)58-40-34(50)32(48)36(54-6)42(2,3)61-40)15-44-29(18)38(52)46-30-31(47)22-11-9-20(13-28(22)60-39(30)53)59-41-35(51)33(49)37(55-7)43(4,5)62-41/h8-15,32-37,40-41,44-45,47-51H,16-17H2,1-7H3,(H,46,52). The van der Waals surface area contributed by atoms with Crippen molar-refractivity contribution in [3.8, 4) is 45.4 Å². The van der Waals surface area contributed by atoms with Gasteiger partial charge in [0, 0.05) is 60.6 Å². The summed E-state index contributed by atoms with van der Waals surface area (Å²) in [4.78, 5) is 33.2. The van der Waals surface area contributed by atoms with Crippen molar-refractivity contribution >= 4 is 22.6 Å². The molecule has 5 aromatic rings. The summed E-state index contributed by atoms with van der Waals surface area (Å²) in [5.41, 5.74) is 0.469. The minimum absolute atomic E-state index is 0.0785. The highest BCUT2D eigenvalue weighted by atomic mass is 16.7. The van der Waals surface area contributed by atoms with E-state index in [0.717, 1.165) is 11.3 Å². The molecule has 19 nitrogen and oxygen atoms in total. The summed E-state index contributed by atoms with van der Waals surface area (Å²) in [6.45, 7) is 8.64. The third-order valence-corrected chi connectivity index (χ3v) is 11.5. The molecule has 3 aliphatic rings. The molecular formula is C43H49N3O16. The number of methoxy groups -OCH3 is 2. The number of rotatable bonds is 9. The van der Waals surface area contributed by atoms with Crippen LogP contribution in [0.25, 0.3) is 33.4 Å². The van der Waals surface area contributed by atoms with E-state index in [1.54, 1.807) is 59.0 Å². The SMILES string of the molecule is COC1C(O)C(O)C(Oc2ccc3c(c2)OCOCc2[nH]c(-c4c[nH]c(C(=O)Nc5c(O)c6ccc(OC7OC(C)(C)C(OC)C(O)C7O)cc6oc5=O)c4C)cc2-3)OC1(C)C. The van der Waals surface area contributed by atoms with Gasteiger partial charge in [-0.1, -0.05) is 0 Å². The predicted molar refractivity (Wildman–Crippen MR) is 218 cm³/mol. The molecule has 19 heteroatoms. The molecule has 3 aromatic heterocycles. The van der Waals surface area contributed by atoms with Crippen LogP contribution in [0, 0.1) is 6.92 Å². The fourth-order valence-corrected chi connectivity index (χ4v) is 8.38. The number of aromatic amines is 2. The Bertz CT molecular complexity index is 2540. The van der Waals surface area contributed by atoms with Crippen LogP contribution in [-0.2, 0) is 30.3 Å². The van der Waals surface area contributed by atoms with Gasteiger partial charge in [0.25, 0.3) is 5.91 Å². The lowest BCUT2D eigenvalue weighted by atomic mass is 9.89. The van der Waals surface area contributed by atoms with Gasteiger partial charge in [-0.3, -0.25) is 4.79 Å². The molecule has 0 spiro atoms. The number of anilines is 1. The highest BCUT2D eigenvalue weighted by Crippen LogP contribution is 2.42. The molecule has 8 atom stereocenters. The lowest BCUT2D eigenvalue weighted by molar-refractivity contribution is -0.306. The number of hydrogen-bond acceptors (Lipinski definition) is 16. The van der Waals surface area contributed by atoms with Gasteiger partial charge in [0.15, 0.2) is 18.2 Å². The lowest BCUT2D eigenvalue weighted by Gasteiger charge is -2.46. The topological polar surface area (TPSA) is 266 Å². The number of aliphatic hydroxyl groups is 4. The van der Waals surface area contributed by atoms with E-state index in [9.17, 15) is 35.1 Å². The van der Waals surface area contributed by atoms with Crippen LogP contribution in [0.1, 0.15) is 49.4 Å². The van der Waals surface area contributed by atoms with Gasteiger partial charge in [0.05, 0.1) is 23.2 Å². The Hall–Kier alpha value is -5.48. The van der Waals surface area contributed by atoms with Crippen LogP contribution in [0.4, 0.5) is 5.69 Å². The number of fused-ring (bicyclic) bond motifs is 4. The van der Waals surface area contributed by atoms with Crippen molar-refractivity contribution < 1.29 is 72.6 Å². The molecule has 332 valence electrons. The first-order chi connectivity index (χ1) is 29.4. The molecule has 8 unspecified atom stereocenters. The van der Waals surface area contributed by atoms with E-state index in [2.05, 4.69) is 15.3 Å². The van der Waals surface area contributed by atoms with Gasteiger partial charge in [0.1, 0.15) is 65.1 Å². The second-order valence-electron chi connectivity index (χ2n) is 16.5. The largest absolute Gasteiger partial charge is 0.505 e. The first-order valence-corrected chi connectivity index (χ1v) is 19.8. The smallest absolute Gasteiger partial charge is 0.364 e. The average Bonchev–Trinajstić information content (AvgIpc) is 3.80. The van der Waals surface area contributed by atoms with Crippen LogP contribution < -0.4 is 25.2 Å². The Balaban J connectivity index is 0.998. The number of benzene rings is 2. The van der Waals surface area contributed by atoms with Crippen molar-refractivity contribution in [2.75, 3.05) is 26.3 Å². The predicted octanol–water partition coefficient (Wildman–Crippen LogP) is 3.42. The zero-order valence-corrected chi connectivity index (χ0v) is 34.9. The monoisotopic (exact) mass is 863 g/mol. The van der Waals surface area contributed by atoms with Crippen molar-refractivity contribution in [2.45, 2.75) is 102 Å². The molecule has 2 aromatic carbocycles. The van der Waals surface area contributed by atoms with Gasteiger partial charge in [-0.25, -0.2) is 4.79 Å². The summed E-state index contributed by atoms with van der Waals surface area (Å²) in [6, 6.07) is 11.2. The van der Waals surface area contributed by atoms with E-state index in [-0.39, 0.29) is 35.8 Å². The number of amides is 1. The Morgan fingerprint density at radius 2 is 1.44 bits per heavy atom. The number of ether oxygens (including phenoxy) is 8. The molecule has 8 rings (SSSR count). The molecule has 1 amide bonds. The normalized spacial score (nSPS) is 26.7. The van der Waals surface area contributed by atoms with Crippen molar-refractivity contribution in [1.82, 2.24) is 9.97 Å². The number of hydrogen-bond donors (Lipinski definition) is 8. The van der Waals surface area contributed by atoms with Crippen LogP contribution in [0.5, 0.6) is 23.0 Å². The quantitative estimate of drug-likeness (QED) is 0.0987. The fraction of sp³-hybridized carbons (Fsp3) is 0.442. The molecule has 8 N–H and O–H groups in total. The number of carbonyl (C=O) groups is 1. The van der Waals surface area contributed by atoms with Gasteiger partial charge in [-0.2, -0.15) is 0 Å². The van der Waals surface area contributed by atoms with E-state index < -0.39 is 83.4 Å². The van der Waals surface area contributed by atoms with Crippen molar-refractivity contribution in [3.05, 3.63) is 76.0 Å². The van der Waals surface area contributed by atoms with E-state index in [0.29, 0.717) is 33.9 Å². The summed E-state index contributed by atoms with van der Waals surface area (Å²) < 4.78 is 51.5. The molecular weight excluding hydrogens is 814 g/mol. The Morgan fingerprint density at radius 1 is 0.823 bits per heavy atom. The van der Waals surface area contributed by atoms with Crippen molar-refractivity contribution in [3.63, 3.8) is 0 Å². The highest BCUT2D eigenvalue weighted by molar-refractivity contribution is 6.07. The minimum Gasteiger partial charge on any atom is -0.505 e. The molecule has 2 fully saturated rings. The third-order valence-electron chi connectivity index (χ3n) is 11.5. The van der Waals surface area contributed by atoms with Crippen LogP contribution in [-0.4, -0.2) is 123 Å². The molecule has 2 saturated heterocycles. The number of nitrogens with one attached hydrogen (secondary N) is 3. The number of H-pyrrole nitrogens is 2. The van der Waals surface area contributed by atoms with Gasteiger partial charge >= 0.3 is 5.63 Å². The summed E-state index contributed by atoms with van der Waals surface area (Å²) in [7, 11) is 2.82. The zero-order chi connectivity index (χ0) is 44.4. The Morgan fingerprint density at radius 3 is 2.06 bits per heavy atom. The lowest BCUT2D eigenvalue weighted by Crippen LogP contribution is -2.63. The number of carbonyl (C=O) groups excluding carboxylic acids is 1. The summed E-state index contributed by atoms with van der Waals surface area (Å²) in [5, 5.41) is 56.4. The van der Waals surface area contributed by atoms with E-state index >= 15 is 0 Å². The van der Waals surface area contributed by atoms with E-state index in [4.69, 9.17) is 42.3 Å². The van der Waals surface area contributed by atoms with Crippen LogP contribution in [0.15, 0.2) is 57.9 Å². The first-order valence-electron chi connectivity index (χ1n) is 19.8. The molecule has 0 aliphatic carbocycles. The van der Waals surface area contributed by atoms with Gasteiger partial charge in [0.2, 0.25) is 12.6 Å². The van der Waals surface area contributed by atoms with Crippen LogP contribution in [0.3, 0.4) is 0 Å². The number of aliphatic hydroxyl groups excluding tert-OH is 4. The number of aromatic nitrogens is 2. The van der Waals surface area contributed by atoms with Gasteiger partial charge < -0.3 is 83.1 Å². The summed E-state index contributed by atoms with van der Waals surface area (Å²) >= 11 is 0. The summed E-state index contributed by atoms with van der Waals surface area (Å²) in [6.07, 6.45) is -7.93. The van der Waals surface area contributed by atoms with Gasteiger partial charge in [-0.15, -0.1) is 0 Å². The second kappa shape index (κ2) is 16.3.